The molecule has 1 heterocycles. The number of fused-ring (bicyclic) bond motifs is 1. The molecule has 2 aromatic rings. The van der Waals surface area contributed by atoms with Gasteiger partial charge in [-0.25, -0.2) is 0 Å². The third-order valence-corrected chi connectivity index (χ3v) is 4.12. The zero-order valence-electron chi connectivity index (χ0n) is 12.3. The van der Waals surface area contributed by atoms with Crippen molar-refractivity contribution >= 4 is 10.8 Å². The third kappa shape index (κ3) is 2.94. The fourth-order valence-corrected chi connectivity index (χ4v) is 2.94. The summed E-state index contributed by atoms with van der Waals surface area (Å²) in [6, 6.07) is 15.2. The van der Waals surface area contributed by atoms with Crippen molar-refractivity contribution in [3.8, 4) is 0 Å². The van der Waals surface area contributed by atoms with Crippen LogP contribution in [0.15, 0.2) is 54.1 Å². The van der Waals surface area contributed by atoms with Crippen LogP contribution in [-0.2, 0) is 4.74 Å². The topological polar surface area (TPSA) is 9.23 Å². The maximum Gasteiger partial charge on any atom is 0.0865 e. The predicted octanol–water partition coefficient (Wildman–Crippen LogP) is 5.42. The van der Waals surface area contributed by atoms with E-state index in [9.17, 15) is 0 Å². The van der Waals surface area contributed by atoms with Crippen LogP contribution in [0.5, 0.6) is 0 Å². The molecule has 0 amide bonds. The van der Waals surface area contributed by atoms with Crippen LogP contribution in [0, 0.1) is 0 Å². The van der Waals surface area contributed by atoms with E-state index in [1.165, 1.54) is 21.9 Å². The lowest BCUT2D eigenvalue weighted by atomic mass is 9.97. The Bertz CT molecular complexity index is 626. The lowest BCUT2D eigenvalue weighted by molar-refractivity contribution is -0.00893. The summed E-state index contributed by atoms with van der Waals surface area (Å²) in [5.41, 5.74) is 2.74. The average molecular weight is 266 g/mol. The summed E-state index contributed by atoms with van der Waals surface area (Å²) in [7, 11) is 0. The molecule has 2 atom stereocenters. The largest absolute Gasteiger partial charge is 0.370 e. The van der Waals surface area contributed by atoms with Gasteiger partial charge < -0.3 is 4.74 Å². The molecule has 0 saturated heterocycles. The van der Waals surface area contributed by atoms with Crippen LogP contribution < -0.4 is 0 Å². The molecule has 0 bridgehead atoms. The summed E-state index contributed by atoms with van der Waals surface area (Å²) in [6.07, 6.45) is 6.14. The van der Waals surface area contributed by atoms with Gasteiger partial charge in [0.15, 0.2) is 0 Å². The molecule has 0 N–H and O–H groups in total. The first kappa shape index (κ1) is 13.4. The van der Waals surface area contributed by atoms with Gasteiger partial charge in [-0.1, -0.05) is 48.0 Å². The Hall–Kier alpha value is -1.60. The van der Waals surface area contributed by atoms with Gasteiger partial charge in [-0.05, 0) is 55.5 Å². The summed E-state index contributed by atoms with van der Waals surface area (Å²) in [5, 5.41) is 2.59. The Labute approximate surface area is 121 Å². The van der Waals surface area contributed by atoms with Gasteiger partial charge in [0.2, 0.25) is 0 Å². The molecule has 0 spiro atoms. The van der Waals surface area contributed by atoms with Crippen molar-refractivity contribution in [1.29, 1.82) is 0 Å². The second kappa shape index (κ2) is 5.80. The van der Waals surface area contributed by atoms with Crippen molar-refractivity contribution in [3.05, 3.63) is 59.7 Å². The third-order valence-electron chi connectivity index (χ3n) is 4.12. The molecule has 2 aromatic carbocycles. The highest BCUT2D eigenvalue weighted by atomic mass is 16.5. The highest BCUT2D eigenvalue weighted by Crippen LogP contribution is 2.31. The van der Waals surface area contributed by atoms with E-state index in [1.54, 1.807) is 0 Å². The van der Waals surface area contributed by atoms with Crippen LogP contribution >= 0.6 is 0 Å². The first-order valence-electron chi connectivity index (χ1n) is 7.52. The highest BCUT2D eigenvalue weighted by Gasteiger charge is 2.18. The van der Waals surface area contributed by atoms with Crippen molar-refractivity contribution in [2.24, 2.45) is 0 Å². The quantitative estimate of drug-likeness (QED) is 0.626. The maximum atomic E-state index is 6.26. The Kier molecular flexibility index (Phi) is 3.88. The van der Waals surface area contributed by atoms with Crippen LogP contribution in [-0.4, -0.2) is 6.10 Å². The minimum Gasteiger partial charge on any atom is -0.370 e. The minimum atomic E-state index is 0.186. The van der Waals surface area contributed by atoms with Crippen LogP contribution in [0.1, 0.15) is 44.8 Å². The van der Waals surface area contributed by atoms with Gasteiger partial charge in [0, 0.05) is 0 Å². The molecular formula is C19H22O. The minimum absolute atomic E-state index is 0.186. The zero-order chi connectivity index (χ0) is 13.9. The first-order chi connectivity index (χ1) is 9.72. The number of hydrogen-bond acceptors (Lipinski definition) is 1. The smallest absolute Gasteiger partial charge is 0.0865 e. The van der Waals surface area contributed by atoms with Gasteiger partial charge in [0.05, 0.1) is 12.2 Å². The molecule has 1 aliphatic heterocycles. The second-order valence-corrected chi connectivity index (χ2v) is 5.87. The molecule has 0 radical (unpaired) electrons. The second-order valence-electron chi connectivity index (χ2n) is 5.87. The first-order valence-corrected chi connectivity index (χ1v) is 7.52. The molecule has 1 nitrogen and oxygen atoms in total. The van der Waals surface area contributed by atoms with Crippen LogP contribution in [0.3, 0.4) is 0 Å². The lowest BCUT2D eigenvalue weighted by Crippen LogP contribution is -2.16. The average Bonchev–Trinajstić information content (AvgIpc) is 2.44. The zero-order valence-corrected chi connectivity index (χ0v) is 12.3. The van der Waals surface area contributed by atoms with Gasteiger partial charge in [0.1, 0.15) is 0 Å². The summed E-state index contributed by atoms with van der Waals surface area (Å²) in [4.78, 5) is 0. The number of rotatable bonds is 1. The maximum absolute atomic E-state index is 6.26. The lowest BCUT2D eigenvalue weighted by Gasteiger charge is -2.25. The molecule has 0 unspecified atom stereocenters. The van der Waals surface area contributed by atoms with E-state index in [-0.39, 0.29) is 6.10 Å². The summed E-state index contributed by atoms with van der Waals surface area (Å²) >= 11 is 0. The highest BCUT2D eigenvalue weighted by molar-refractivity contribution is 5.83. The number of benzene rings is 2. The fraction of sp³-hybridized carbons (Fsp3) is 0.368. The van der Waals surface area contributed by atoms with E-state index in [4.69, 9.17) is 4.74 Å². The normalized spacial score (nSPS) is 26.6. The Balaban J connectivity index is 1.95. The number of allylic oxidation sites excluding steroid dienone is 1. The van der Waals surface area contributed by atoms with E-state index < -0.39 is 0 Å². The van der Waals surface area contributed by atoms with Crippen LogP contribution in [0.25, 0.3) is 10.8 Å². The number of hydrogen-bond donors (Lipinski definition) is 0. The SMILES string of the molecule is C/C1=C/CC[C@H](C)O[C@H](c2ccc3ccccc3c2)C1. The van der Waals surface area contributed by atoms with Gasteiger partial charge in [-0.3, -0.25) is 0 Å². The van der Waals surface area contributed by atoms with Crippen LogP contribution in [0.4, 0.5) is 0 Å². The predicted molar refractivity (Wildman–Crippen MR) is 84.8 cm³/mol. The monoisotopic (exact) mass is 266 g/mol. The van der Waals surface area contributed by atoms with E-state index in [1.807, 2.05) is 0 Å². The van der Waals surface area contributed by atoms with Crippen LogP contribution in [0.2, 0.25) is 0 Å². The molecule has 3 rings (SSSR count). The van der Waals surface area contributed by atoms with Crippen molar-refractivity contribution in [3.63, 3.8) is 0 Å². The molecule has 0 aromatic heterocycles. The van der Waals surface area contributed by atoms with Crippen molar-refractivity contribution in [2.45, 2.75) is 45.3 Å². The van der Waals surface area contributed by atoms with E-state index in [2.05, 4.69) is 62.4 Å². The fourth-order valence-electron chi connectivity index (χ4n) is 2.94. The summed E-state index contributed by atoms with van der Waals surface area (Å²) in [5.74, 6) is 0. The Morgan fingerprint density at radius 1 is 1.05 bits per heavy atom. The Morgan fingerprint density at radius 3 is 2.70 bits per heavy atom. The van der Waals surface area contributed by atoms with E-state index >= 15 is 0 Å². The molecule has 0 aliphatic carbocycles. The Morgan fingerprint density at radius 2 is 1.85 bits per heavy atom. The summed E-state index contributed by atoms with van der Waals surface area (Å²) in [6.45, 7) is 4.40. The number of ether oxygens (including phenoxy) is 1. The molecule has 1 aliphatic rings. The molecule has 20 heavy (non-hydrogen) atoms. The molecule has 104 valence electrons. The molecular weight excluding hydrogens is 244 g/mol. The molecule has 1 heteroatoms. The van der Waals surface area contributed by atoms with E-state index in [0.717, 1.165) is 19.3 Å². The molecule has 0 saturated carbocycles. The van der Waals surface area contributed by atoms with Gasteiger partial charge in [0.25, 0.3) is 0 Å². The summed E-state index contributed by atoms with van der Waals surface area (Å²) < 4.78 is 6.26. The van der Waals surface area contributed by atoms with Crippen molar-refractivity contribution in [1.82, 2.24) is 0 Å². The van der Waals surface area contributed by atoms with Crippen molar-refractivity contribution < 1.29 is 4.74 Å². The standard InChI is InChI=1S/C19H22O/c1-14-6-5-7-15(2)20-19(12-14)18-11-10-16-8-3-4-9-17(16)13-18/h3-4,6,8-11,13,15,19H,5,7,12H2,1-2H3/b14-6-/t15-,19-/m0/s1. The van der Waals surface area contributed by atoms with Gasteiger partial charge >= 0.3 is 0 Å². The van der Waals surface area contributed by atoms with E-state index in [0.29, 0.717) is 6.10 Å². The van der Waals surface area contributed by atoms with Gasteiger partial charge in [-0.2, -0.15) is 0 Å². The van der Waals surface area contributed by atoms with Crippen molar-refractivity contribution in [2.75, 3.05) is 0 Å². The molecule has 0 fully saturated rings. The van der Waals surface area contributed by atoms with Gasteiger partial charge in [-0.15, -0.1) is 0 Å².